The van der Waals surface area contributed by atoms with Crippen LogP contribution in [-0.2, 0) is 17.3 Å². The summed E-state index contributed by atoms with van der Waals surface area (Å²) >= 11 is 0. The van der Waals surface area contributed by atoms with Crippen molar-refractivity contribution in [2.75, 3.05) is 0 Å². The number of hydrogen-bond acceptors (Lipinski definition) is 1. The molecular formula is C23H29F7O. The molecule has 0 radical (unpaired) electrons. The summed E-state index contributed by atoms with van der Waals surface area (Å²) in [5, 5.41) is 0. The molecule has 0 aromatic heterocycles. The molecule has 2 atom stereocenters. The van der Waals surface area contributed by atoms with E-state index in [1.807, 2.05) is 6.92 Å². The van der Waals surface area contributed by atoms with Crippen LogP contribution in [0, 0.1) is 17.8 Å². The summed E-state index contributed by atoms with van der Waals surface area (Å²) in [6.45, 7) is 2.00. The average molecular weight is 454 g/mol. The third kappa shape index (κ3) is 5.93. The zero-order chi connectivity index (χ0) is 22.9. The van der Waals surface area contributed by atoms with Gasteiger partial charge in [0.2, 0.25) is 0 Å². The van der Waals surface area contributed by atoms with Crippen LogP contribution in [0.25, 0.3) is 0 Å². The summed E-state index contributed by atoms with van der Waals surface area (Å²) in [6.07, 6.45) is -7.89. The predicted octanol–water partition coefficient (Wildman–Crippen LogP) is 7.88. The largest absolute Gasteiger partial charge is 0.392 e. The van der Waals surface area contributed by atoms with Crippen molar-refractivity contribution >= 4 is 0 Å². The Morgan fingerprint density at radius 2 is 1.52 bits per heavy atom. The molecule has 2 saturated carbocycles. The van der Waals surface area contributed by atoms with Crippen LogP contribution in [0.2, 0.25) is 0 Å². The lowest BCUT2D eigenvalue weighted by atomic mass is 9.68. The van der Waals surface area contributed by atoms with Crippen molar-refractivity contribution in [1.82, 2.24) is 0 Å². The standard InChI is InChI=1S/C23H29F7O/c1-2-3-15-4-8-17(9-5-15)23(29,30)31-19-11-6-16(7-12-19)20-13-10-18(22(26,27)28)14-21(20,24)25/h4-5,8-9,16,18-20H,2-3,6-7,10-14H2,1H3. The number of hydrogen-bond donors (Lipinski definition) is 0. The summed E-state index contributed by atoms with van der Waals surface area (Å²) < 4.78 is 102. The Kier molecular flexibility index (Phi) is 7.28. The Bertz CT molecular complexity index is 706. The second-order valence-electron chi connectivity index (χ2n) is 9.01. The maximum atomic E-state index is 14.5. The van der Waals surface area contributed by atoms with Gasteiger partial charge in [-0.25, -0.2) is 8.78 Å². The molecule has 176 valence electrons. The van der Waals surface area contributed by atoms with E-state index in [2.05, 4.69) is 0 Å². The molecule has 0 saturated heterocycles. The first kappa shape index (κ1) is 24.3. The molecule has 0 aliphatic heterocycles. The Balaban J connectivity index is 1.54. The van der Waals surface area contributed by atoms with Crippen LogP contribution in [0.3, 0.4) is 0 Å². The highest BCUT2D eigenvalue weighted by molar-refractivity contribution is 5.24. The van der Waals surface area contributed by atoms with Crippen molar-refractivity contribution in [3.05, 3.63) is 35.4 Å². The second kappa shape index (κ2) is 9.28. The van der Waals surface area contributed by atoms with Crippen molar-refractivity contribution in [2.45, 2.75) is 89.0 Å². The molecule has 0 amide bonds. The Morgan fingerprint density at radius 3 is 2.03 bits per heavy atom. The molecule has 0 N–H and O–H groups in total. The highest BCUT2D eigenvalue weighted by Crippen LogP contribution is 2.52. The Labute approximate surface area is 178 Å². The minimum absolute atomic E-state index is 0.187. The van der Waals surface area contributed by atoms with Gasteiger partial charge in [0.15, 0.2) is 0 Å². The van der Waals surface area contributed by atoms with Crippen LogP contribution in [0.1, 0.15) is 69.4 Å². The number of halogens is 7. The van der Waals surface area contributed by atoms with E-state index in [-0.39, 0.29) is 44.1 Å². The van der Waals surface area contributed by atoms with E-state index in [0.29, 0.717) is 0 Å². The molecule has 2 unspecified atom stereocenters. The smallest absolute Gasteiger partial charge is 0.313 e. The zero-order valence-electron chi connectivity index (χ0n) is 17.5. The van der Waals surface area contributed by atoms with Gasteiger partial charge in [0.05, 0.1) is 17.6 Å². The van der Waals surface area contributed by atoms with Gasteiger partial charge in [0.25, 0.3) is 5.92 Å². The summed E-state index contributed by atoms with van der Waals surface area (Å²) in [5.41, 5.74) is 0.718. The number of rotatable bonds is 6. The van der Waals surface area contributed by atoms with Gasteiger partial charge in [-0.1, -0.05) is 37.6 Å². The van der Waals surface area contributed by atoms with Gasteiger partial charge in [-0.2, -0.15) is 22.0 Å². The minimum Gasteiger partial charge on any atom is -0.313 e. The third-order valence-electron chi connectivity index (χ3n) is 6.78. The normalized spacial score (nSPS) is 29.7. The zero-order valence-corrected chi connectivity index (χ0v) is 17.5. The molecule has 2 aliphatic rings. The number of aryl methyl sites for hydroxylation is 1. The molecule has 31 heavy (non-hydrogen) atoms. The topological polar surface area (TPSA) is 9.23 Å². The summed E-state index contributed by atoms with van der Waals surface area (Å²) in [4.78, 5) is 0. The minimum atomic E-state index is -4.61. The van der Waals surface area contributed by atoms with Crippen LogP contribution in [-0.4, -0.2) is 18.2 Å². The van der Waals surface area contributed by atoms with Crippen molar-refractivity contribution in [1.29, 1.82) is 0 Å². The molecule has 0 bridgehead atoms. The first-order valence-electron chi connectivity index (χ1n) is 11.0. The van der Waals surface area contributed by atoms with E-state index in [0.717, 1.165) is 18.4 Å². The van der Waals surface area contributed by atoms with Gasteiger partial charge in [-0.15, -0.1) is 0 Å². The van der Waals surface area contributed by atoms with Crippen LogP contribution in [0.5, 0.6) is 0 Å². The van der Waals surface area contributed by atoms with E-state index in [9.17, 15) is 30.7 Å². The summed E-state index contributed by atoms with van der Waals surface area (Å²) in [7, 11) is 0. The molecule has 2 fully saturated rings. The predicted molar refractivity (Wildman–Crippen MR) is 103 cm³/mol. The van der Waals surface area contributed by atoms with Gasteiger partial charge in [-0.05, 0) is 56.4 Å². The molecule has 2 aliphatic carbocycles. The van der Waals surface area contributed by atoms with Crippen molar-refractivity contribution < 1.29 is 35.5 Å². The van der Waals surface area contributed by atoms with Crippen LogP contribution >= 0.6 is 0 Å². The maximum absolute atomic E-state index is 14.5. The number of benzene rings is 1. The van der Waals surface area contributed by atoms with Crippen LogP contribution in [0.15, 0.2) is 24.3 Å². The molecule has 0 spiro atoms. The van der Waals surface area contributed by atoms with Gasteiger partial charge in [0, 0.05) is 12.3 Å². The Hall–Kier alpha value is -1.31. The molecular weight excluding hydrogens is 425 g/mol. The molecule has 1 nitrogen and oxygen atoms in total. The lowest BCUT2D eigenvalue weighted by Crippen LogP contribution is -2.45. The fraction of sp³-hybridized carbons (Fsp3) is 0.739. The summed E-state index contributed by atoms with van der Waals surface area (Å²) in [6, 6.07) is 5.98. The van der Waals surface area contributed by atoms with Crippen LogP contribution in [0.4, 0.5) is 30.7 Å². The SMILES string of the molecule is CCCc1ccc(C(F)(F)OC2CCC(C3CCC(C(F)(F)F)CC3(F)F)CC2)cc1. The molecule has 8 heteroatoms. The van der Waals surface area contributed by atoms with E-state index in [1.165, 1.54) is 12.1 Å². The van der Waals surface area contributed by atoms with Crippen LogP contribution < -0.4 is 0 Å². The monoisotopic (exact) mass is 454 g/mol. The van der Waals surface area contributed by atoms with Gasteiger partial charge in [0.1, 0.15) is 0 Å². The number of ether oxygens (including phenoxy) is 1. The lowest BCUT2D eigenvalue weighted by molar-refractivity contribution is -0.279. The fourth-order valence-corrected chi connectivity index (χ4v) is 5.07. The third-order valence-corrected chi connectivity index (χ3v) is 6.78. The van der Waals surface area contributed by atoms with E-state index in [1.54, 1.807) is 12.1 Å². The average Bonchev–Trinajstić information content (AvgIpc) is 2.68. The summed E-state index contributed by atoms with van der Waals surface area (Å²) in [5.74, 6) is -6.95. The molecule has 1 aromatic rings. The van der Waals surface area contributed by atoms with E-state index >= 15 is 0 Å². The molecule has 1 aromatic carbocycles. The number of alkyl halides is 7. The van der Waals surface area contributed by atoms with Crippen molar-refractivity contribution in [2.24, 2.45) is 17.8 Å². The highest BCUT2D eigenvalue weighted by atomic mass is 19.4. The lowest BCUT2D eigenvalue weighted by Gasteiger charge is -2.43. The Morgan fingerprint density at radius 1 is 0.903 bits per heavy atom. The first-order valence-corrected chi connectivity index (χ1v) is 11.0. The van der Waals surface area contributed by atoms with E-state index in [4.69, 9.17) is 4.74 Å². The highest BCUT2D eigenvalue weighted by Gasteiger charge is 2.55. The van der Waals surface area contributed by atoms with Gasteiger partial charge >= 0.3 is 12.3 Å². The second-order valence-corrected chi connectivity index (χ2v) is 9.01. The molecule has 3 rings (SSSR count). The van der Waals surface area contributed by atoms with Gasteiger partial charge in [-0.3, -0.25) is 0 Å². The first-order chi connectivity index (χ1) is 14.4. The van der Waals surface area contributed by atoms with Crippen molar-refractivity contribution in [3.63, 3.8) is 0 Å². The van der Waals surface area contributed by atoms with Gasteiger partial charge < -0.3 is 4.74 Å². The quantitative estimate of drug-likeness (QED) is 0.397. The van der Waals surface area contributed by atoms with E-state index < -0.39 is 48.5 Å². The maximum Gasteiger partial charge on any atom is 0.392 e. The fourth-order valence-electron chi connectivity index (χ4n) is 5.07. The van der Waals surface area contributed by atoms with Crippen molar-refractivity contribution in [3.8, 4) is 0 Å². The molecule has 0 heterocycles.